The summed E-state index contributed by atoms with van der Waals surface area (Å²) in [5.74, 6) is 0.852. The Kier molecular flexibility index (Phi) is 3.93. The molecule has 0 atom stereocenters. The molecule has 5 heteroatoms. The van der Waals surface area contributed by atoms with Crippen molar-refractivity contribution in [2.24, 2.45) is 0 Å². The Bertz CT molecular complexity index is 289. The zero-order valence-electron chi connectivity index (χ0n) is 7.59. The van der Waals surface area contributed by atoms with Crippen LogP contribution in [-0.2, 0) is 0 Å². The van der Waals surface area contributed by atoms with E-state index in [1.54, 1.807) is 6.20 Å². The first-order chi connectivity index (χ1) is 6.19. The van der Waals surface area contributed by atoms with Gasteiger partial charge >= 0.3 is 0 Å². The third-order valence-corrected chi connectivity index (χ3v) is 2.50. The lowest BCUT2D eigenvalue weighted by Gasteiger charge is -2.20. The number of halogens is 2. The first-order valence-corrected chi connectivity index (χ1v) is 5.29. The van der Waals surface area contributed by atoms with Crippen LogP contribution in [0.1, 0.15) is 13.8 Å². The van der Waals surface area contributed by atoms with Crippen LogP contribution in [0.2, 0.25) is 5.28 Å². The molecule has 0 amide bonds. The zero-order valence-corrected chi connectivity index (χ0v) is 9.93. The fourth-order valence-corrected chi connectivity index (χ4v) is 1.65. The molecule has 0 aromatic carbocycles. The number of hydrogen-bond acceptors (Lipinski definition) is 3. The Hall–Kier alpha value is -0.350. The largest absolute Gasteiger partial charge is 0.356 e. The fourth-order valence-electron chi connectivity index (χ4n) is 1.08. The molecule has 0 fully saturated rings. The van der Waals surface area contributed by atoms with E-state index in [1.165, 1.54) is 0 Å². The van der Waals surface area contributed by atoms with Gasteiger partial charge in [0, 0.05) is 19.3 Å². The van der Waals surface area contributed by atoms with Gasteiger partial charge in [-0.15, -0.1) is 0 Å². The molecule has 3 nitrogen and oxygen atoms in total. The van der Waals surface area contributed by atoms with Gasteiger partial charge in [-0.1, -0.05) is 0 Å². The predicted octanol–water partition coefficient (Wildman–Crippen LogP) is 2.74. The fraction of sp³-hybridized carbons (Fsp3) is 0.500. The molecule has 0 radical (unpaired) electrons. The van der Waals surface area contributed by atoms with Crippen LogP contribution in [0.3, 0.4) is 0 Å². The van der Waals surface area contributed by atoms with Crippen LogP contribution in [0, 0.1) is 0 Å². The van der Waals surface area contributed by atoms with Crippen LogP contribution >= 0.6 is 27.5 Å². The highest BCUT2D eigenvalue weighted by Crippen LogP contribution is 2.23. The van der Waals surface area contributed by atoms with Crippen molar-refractivity contribution in [1.29, 1.82) is 0 Å². The van der Waals surface area contributed by atoms with Crippen LogP contribution in [0.15, 0.2) is 10.7 Å². The van der Waals surface area contributed by atoms with Crippen molar-refractivity contribution in [3.05, 3.63) is 16.0 Å². The number of anilines is 1. The molecule has 1 heterocycles. The highest BCUT2D eigenvalue weighted by Gasteiger charge is 2.09. The normalized spacial score (nSPS) is 10.2. The molecule has 0 N–H and O–H groups in total. The third kappa shape index (κ3) is 2.54. The van der Waals surface area contributed by atoms with E-state index in [2.05, 4.69) is 44.6 Å². The SMILES string of the molecule is CCN(CC)c1nc(Cl)ncc1Br. The second-order valence-corrected chi connectivity index (χ2v) is 3.68. The summed E-state index contributed by atoms with van der Waals surface area (Å²) in [6.45, 7) is 5.96. The molecule has 13 heavy (non-hydrogen) atoms. The summed E-state index contributed by atoms with van der Waals surface area (Å²) in [5.41, 5.74) is 0. The minimum Gasteiger partial charge on any atom is -0.356 e. The lowest BCUT2D eigenvalue weighted by atomic mass is 10.4. The standard InChI is InChI=1S/C8H11BrClN3/c1-3-13(4-2)7-6(9)5-11-8(10)12-7/h5H,3-4H2,1-2H3. The number of aromatic nitrogens is 2. The Morgan fingerprint density at radius 1 is 1.46 bits per heavy atom. The quantitative estimate of drug-likeness (QED) is 0.786. The van der Waals surface area contributed by atoms with E-state index in [4.69, 9.17) is 11.6 Å². The van der Waals surface area contributed by atoms with Gasteiger partial charge in [0.05, 0.1) is 4.47 Å². The van der Waals surface area contributed by atoms with Gasteiger partial charge < -0.3 is 4.90 Å². The monoisotopic (exact) mass is 263 g/mol. The first kappa shape index (κ1) is 10.7. The van der Waals surface area contributed by atoms with Gasteiger partial charge in [-0.05, 0) is 41.4 Å². The van der Waals surface area contributed by atoms with Gasteiger partial charge in [0.2, 0.25) is 5.28 Å². The highest BCUT2D eigenvalue weighted by molar-refractivity contribution is 9.10. The lowest BCUT2D eigenvalue weighted by molar-refractivity contribution is 0.837. The molecule has 0 bridgehead atoms. The molecule has 1 rings (SSSR count). The van der Waals surface area contributed by atoms with Crippen molar-refractivity contribution in [2.45, 2.75) is 13.8 Å². The summed E-state index contributed by atoms with van der Waals surface area (Å²) in [7, 11) is 0. The molecule has 0 spiro atoms. The van der Waals surface area contributed by atoms with Crippen molar-refractivity contribution in [1.82, 2.24) is 9.97 Å². The summed E-state index contributed by atoms with van der Waals surface area (Å²) in [6, 6.07) is 0. The van der Waals surface area contributed by atoms with E-state index < -0.39 is 0 Å². The summed E-state index contributed by atoms with van der Waals surface area (Å²) in [5, 5.41) is 0.283. The molecular formula is C8H11BrClN3. The van der Waals surface area contributed by atoms with Crippen molar-refractivity contribution < 1.29 is 0 Å². The van der Waals surface area contributed by atoms with Crippen LogP contribution in [0.4, 0.5) is 5.82 Å². The topological polar surface area (TPSA) is 29.0 Å². The zero-order chi connectivity index (χ0) is 9.84. The maximum absolute atomic E-state index is 5.71. The van der Waals surface area contributed by atoms with E-state index in [-0.39, 0.29) is 5.28 Å². The number of nitrogens with zero attached hydrogens (tertiary/aromatic N) is 3. The molecular weight excluding hydrogens is 253 g/mol. The summed E-state index contributed by atoms with van der Waals surface area (Å²) in [4.78, 5) is 10.1. The van der Waals surface area contributed by atoms with Gasteiger partial charge in [0.15, 0.2) is 0 Å². The maximum atomic E-state index is 5.71. The van der Waals surface area contributed by atoms with Crippen LogP contribution in [0.25, 0.3) is 0 Å². The smallest absolute Gasteiger partial charge is 0.224 e. The van der Waals surface area contributed by atoms with Crippen molar-refractivity contribution in [3.63, 3.8) is 0 Å². The summed E-state index contributed by atoms with van der Waals surface area (Å²) in [6.07, 6.45) is 1.67. The Labute approximate surface area is 91.3 Å². The maximum Gasteiger partial charge on any atom is 0.224 e. The average Bonchev–Trinajstić information content (AvgIpc) is 2.13. The van der Waals surface area contributed by atoms with E-state index in [1.807, 2.05) is 0 Å². The second kappa shape index (κ2) is 4.77. The number of hydrogen-bond donors (Lipinski definition) is 0. The highest BCUT2D eigenvalue weighted by atomic mass is 79.9. The minimum atomic E-state index is 0.283. The molecule has 0 aliphatic heterocycles. The molecule has 0 aliphatic rings. The van der Waals surface area contributed by atoms with Crippen molar-refractivity contribution in [2.75, 3.05) is 18.0 Å². The van der Waals surface area contributed by atoms with Crippen LogP contribution in [-0.4, -0.2) is 23.1 Å². The predicted molar refractivity (Wildman–Crippen MR) is 58.3 cm³/mol. The summed E-state index contributed by atoms with van der Waals surface area (Å²) >= 11 is 9.09. The molecule has 1 aromatic rings. The van der Waals surface area contributed by atoms with Crippen LogP contribution < -0.4 is 4.90 Å². The second-order valence-electron chi connectivity index (χ2n) is 2.48. The summed E-state index contributed by atoms with van der Waals surface area (Å²) < 4.78 is 0.876. The van der Waals surface area contributed by atoms with E-state index in [0.717, 1.165) is 23.4 Å². The Balaban J connectivity index is 3.03. The van der Waals surface area contributed by atoms with Crippen molar-refractivity contribution >= 4 is 33.3 Å². The van der Waals surface area contributed by atoms with Gasteiger partial charge in [0.1, 0.15) is 5.82 Å². The number of rotatable bonds is 3. The minimum absolute atomic E-state index is 0.283. The molecule has 72 valence electrons. The van der Waals surface area contributed by atoms with E-state index in [0.29, 0.717) is 0 Å². The van der Waals surface area contributed by atoms with Crippen LogP contribution in [0.5, 0.6) is 0 Å². The molecule has 0 saturated carbocycles. The average molecular weight is 265 g/mol. The van der Waals surface area contributed by atoms with E-state index >= 15 is 0 Å². The van der Waals surface area contributed by atoms with Gasteiger partial charge in [-0.2, -0.15) is 4.98 Å². The molecule has 1 aromatic heterocycles. The molecule has 0 aliphatic carbocycles. The van der Waals surface area contributed by atoms with Gasteiger partial charge in [0.25, 0.3) is 0 Å². The molecule has 0 saturated heterocycles. The Morgan fingerprint density at radius 3 is 2.62 bits per heavy atom. The third-order valence-electron chi connectivity index (χ3n) is 1.76. The Morgan fingerprint density at radius 2 is 2.08 bits per heavy atom. The van der Waals surface area contributed by atoms with E-state index in [9.17, 15) is 0 Å². The van der Waals surface area contributed by atoms with Gasteiger partial charge in [-0.25, -0.2) is 4.98 Å². The molecule has 0 unspecified atom stereocenters. The first-order valence-electron chi connectivity index (χ1n) is 4.12. The lowest BCUT2D eigenvalue weighted by Crippen LogP contribution is -2.23. The van der Waals surface area contributed by atoms with Gasteiger partial charge in [-0.3, -0.25) is 0 Å². The van der Waals surface area contributed by atoms with Crippen molar-refractivity contribution in [3.8, 4) is 0 Å².